The topological polar surface area (TPSA) is 213 Å². The van der Waals surface area contributed by atoms with E-state index in [0.717, 1.165) is 0 Å². The largest absolute Gasteiger partial charge is 0.481 e. The molecule has 0 spiro atoms. The number of ether oxygens (including phenoxy) is 4. The highest BCUT2D eigenvalue weighted by atomic mass is 32.2. The summed E-state index contributed by atoms with van der Waals surface area (Å²) in [5.41, 5.74) is 0. The van der Waals surface area contributed by atoms with Crippen molar-refractivity contribution in [1.29, 1.82) is 0 Å². The minimum atomic E-state index is -4.12. The molecule has 0 unspecified atom stereocenters. The monoisotopic (exact) mass is 527 g/mol. The zero-order valence-corrected chi connectivity index (χ0v) is 20.4. The summed E-state index contributed by atoms with van der Waals surface area (Å²) in [6, 6.07) is 0. The van der Waals surface area contributed by atoms with Gasteiger partial charge in [0.25, 0.3) is 0 Å². The van der Waals surface area contributed by atoms with Gasteiger partial charge in [-0.15, -0.1) is 0 Å². The molecule has 202 valence electrons. The lowest BCUT2D eigenvalue weighted by Crippen LogP contribution is -2.36. The molecule has 0 aliphatic rings. The van der Waals surface area contributed by atoms with E-state index in [0.29, 0.717) is 13.2 Å². The van der Waals surface area contributed by atoms with Crippen LogP contribution < -0.4 is 15.4 Å². The van der Waals surface area contributed by atoms with Gasteiger partial charge in [0, 0.05) is 19.5 Å². The first-order valence-electron chi connectivity index (χ1n) is 10.6. The van der Waals surface area contributed by atoms with Crippen LogP contribution in [0.4, 0.5) is 0 Å². The second-order valence-corrected chi connectivity index (χ2v) is 8.74. The minimum Gasteiger partial charge on any atom is -0.481 e. The molecule has 4 N–H and O–H groups in total. The molecule has 0 fully saturated rings. The Bertz CT molecular complexity index is 788. The number of sulfonamides is 1. The Morgan fingerprint density at radius 1 is 0.714 bits per heavy atom. The molecule has 15 nitrogen and oxygen atoms in total. The average Bonchev–Trinajstić information content (AvgIpc) is 2.74. The number of aliphatic carboxylic acids is 1. The molecule has 35 heavy (non-hydrogen) atoms. The predicted octanol–water partition coefficient (Wildman–Crippen LogP) is -2.81. The van der Waals surface area contributed by atoms with Gasteiger partial charge in [-0.3, -0.25) is 28.7 Å². The van der Waals surface area contributed by atoms with Crippen molar-refractivity contribution in [2.75, 3.05) is 71.7 Å². The van der Waals surface area contributed by atoms with E-state index in [1.807, 2.05) is 0 Å². The highest BCUT2D eigenvalue weighted by molar-refractivity contribution is 7.90. The molecule has 0 atom stereocenters. The predicted molar refractivity (Wildman–Crippen MR) is 119 cm³/mol. The number of carbonyl (C=O) groups excluding carboxylic acids is 4. The number of carbonyl (C=O) groups is 5. The van der Waals surface area contributed by atoms with Crippen LogP contribution in [0.25, 0.3) is 0 Å². The summed E-state index contributed by atoms with van der Waals surface area (Å²) >= 11 is 0. The summed E-state index contributed by atoms with van der Waals surface area (Å²) in [6.07, 6.45) is -1.42. The van der Waals surface area contributed by atoms with Gasteiger partial charge in [0.15, 0.2) is 5.78 Å². The molecular formula is C19H33N3O12S. The minimum absolute atomic E-state index is 0.0446. The van der Waals surface area contributed by atoms with E-state index in [1.165, 1.54) is 6.92 Å². The maximum absolute atomic E-state index is 11.6. The standard InChI is InChI=1S/C19H33N3O12S/c1-15(23)13-33-9-7-32-6-4-21-18(26)14-34-10-8-31-5-3-20-16(24)2-11-35(29,30)22-17(25)12-19(27)28/h2-14H2,1H3,(H,20,24)(H,21,26)(H,22,25)(H,27,28). The van der Waals surface area contributed by atoms with E-state index in [9.17, 15) is 32.4 Å². The smallest absolute Gasteiger partial charge is 0.312 e. The summed E-state index contributed by atoms with van der Waals surface area (Å²) in [4.78, 5) is 55.4. The third-order valence-corrected chi connectivity index (χ3v) is 4.88. The van der Waals surface area contributed by atoms with Gasteiger partial charge in [-0.2, -0.15) is 0 Å². The Hall–Kier alpha value is -2.66. The summed E-state index contributed by atoms with van der Waals surface area (Å²) < 4.78 is 45.3. The van der Waals surface area contributed by atoms with Crippen molar-refractivity contribution in [2.24, 2.45) is 0 Å². The average molecular weight is 528 g/mol. The molecule has 0 aliphatic carbocycles. The summed E-state index contributed by atoms with van der Waals surface area (Å²) in [7, 11) is -4.12. The third kappa shape index (κ3) is 22.9. The van der Waals surface area contributed by atoms with Crippen molar-refractivity contribution in [2.45, 2.75) is 19.8 Å². The van der Waals surface area contributed by atoms with Crippen molar-refractivity contribution in [3.05, 3.63) is 0 Å². The van der Waals surface area contributed by atoms with E-state index in [2.05, 4.69) is 10.6 Å². The van der Waals surface area contributed by atoms with Crippen LogP contribution in [-0.4, -0.2) is 115 Å². The normalized spacial score (nSPS) is 11.0. The number of ketones is 1. The lowest BCUT2D eigenvalue weighted by atomic mass is 10.4. The quantitative estimate of drug-likeness (QED) is 0.0829. The molecule has 0 radical (unpaired) electrons. The molecule has 3 amide bonds. The van der Waals surface area contributed by atoms with Crippen LogP contribution in [0.1, 0.15) is 19.8 Å². The first-order chi connectivity index (χ1) is 16.5. The van der Waals surface area contributed by atoms with Crippen LogP contribution in [0.5, 0.6) is 0 Å². The van der Waals surface area contributed by atoms with Gasteiger partial charge in [0.1, 0.15) is 19.6 Å². The van der Waals surface area contributed by atoms with Gasteiger partial charge in [0.05, 0.1) is 45.4 Å². The summed E-state index contributed by atoms with van der Waals surface area (Å²) in [5.74, 6) is -4.34. The molecule has 0 rings (SSSR count). The van der Waals surface area contributed by atoms with Gasteiger partial charge in [-0.25, -0.2) is 8.42 Å². The van der Waals surface area contributed by atoms with Crippen LogP contribution >= 0.6 is 0 Å². The highest BCUT2D eigenvalue weighted by Crippen LogP contribution is 1.92. The Labute approximate surface area is 203 Å². The number of hydrogen-bond acceptors (Lipinski definition) is 11. The molecule has 0 bridgehead atoms. The van der Waals surface area contributed by atoms with Crippen LogP contribution in [0.3, 0.4) is 0 Å². The summed E-state index contributed by atoms with van der Waals surface area (Å²) in [5, 5.41) is 13.4. The van der Waals surface area contributed by atoms with Crippen LogP contribution in [0.15, 0.2) is 0 Å². The van der Waals surface area contributed by atoms with E-state index in [1.54, 1.807) is 4.72 Å². The number of carboxylic acid groups (broad SMARTS) is 1. The molecule has 0 saturated heterocycles. The second-order valence-electron chi connectivity index (χ2n) is 6.90. The van der Waals surface area contributed by atoms with Crippen molar-refractivity contribution in [1.82, 2.24) is 15.4 Å². The molecule has 0 saturated carbocycles. The van der Waals surface area contributed by atoms with Crippen molar-refractivity contribution >= 4 is 39.5 Å². The Balaban J connectivity index is 3.58. The zero-order valence-electron chi connectivity index (χ0n) is 19.5. The fourth-order valence-corrected chi connectivity index (χ4v) is 3.09. The van der Waals surface area contributed by atoms with Crippen LogP contribution in [0.2, 0.25) is 0 Å². The van der Waals surface area contributed by atoms with Gasteiger partial charge in [-0.1, -0.05) is 0 Å². The SMILES string of the molecule is CC(=O)COCCOCCNC(=O)COCCOCCNC(=O)CCS(=O)(=O)NC(=O)CC(=O)O. The van der Waals surface area contributed by atoms with E-state index < -0.39 is 46.4 Å². The molecule has 0 heterocycles. The number of nitrogens with one attached hydrogen (secondary N) is 3. The lowest BCUT2D eigenvalue weighted by molar-refractivity contribution is -0.140. The van der Waals surface area contributed by atoms with Crippen molar-refractivity contribution < 1.29 is 56.4 Å². The Morgan fingerprint density at radius 2 is 1.23 bits per heavy atom. The Kier molecular flexibility index (Phi) is 18.1. The van der Waals surface area contributed by atoms with E-state index in [-0.39, 0.29) is 64.5 Å². The number of hydrogen-bond donors (Lipinski definition) is 4. The fourth-order valence-electron chi connectivity index (χ4n) is 2.11. The molecule has 16 heteroatoms. The van der Waals surface area contributed by atoms with Crippen LogP contribution in [0, 0.1) is 0 Å². The van der Waals surface area contributed by atoms with Gasteiger partial charge in [0.2, 0.25) is 27.7 Å². The Morgan fingerprint density at radius 3 is 1.77 bits per heavy atom. The van der Waals surface area contributed by atoms with Gasteiger partial charge >= 0.3 is 5.97 Å². The van der Waals surface area contributed by atoms with E-state index >= 15 is 0 Å². The van der Waals surface area contributed by atoms with Crippen LogP contribution in [-0.2, 0) is 52.9 Å². The molecule has 0 aromatic carbocycles. The summed E-state index contributed by atoms with van der Waals surface area (Å²) in [6.45, 7) is 3.00. The molecule has 0 aromatic heterocycles. The lowest BCUT2D eigenvalue weighted by Gasteiger charge is -2.09. The maximum atomic E-state index is 11.6. The molecule has 0 aliphatic heterocycles. The van der Waals surface area contributed by atoms with Gasteiger partial charge in [-0.05, 0) is 6.92 Å². The highest BCUT2D eigenvalue weighted by Gasteiger charge is 2.18. The second kappa shape index (κ2) is 19.6. The molecular weight excluding hydrogens is 494 g/mol. The van der Waals surface area contributed by atoms with E-state index in [4.69, 9.17) is 24.1 Å². The third-order valence-electron chi connectivity index (χ3n) is 3.60. The number of amides is 3. The first kappa shape index (κ1) is 32.3. The van der Waals surface area contributed by atoms with Crippen molar-refractivity contribution in [3.8, 4) is 0 Å². The maximum Gasteiger partial charge on any atom is 0.312 e. The zero-order chi connectivity index (χ0) is 26.5. The number of carboxylic acids is 1. The number of rotatable bonds is 22. The van der Waals surface area contributed by atoms with Crippen molar-refractivity contribution in [3.63, 3.8) is 0 Å². The number of Topliss-reactive ketones (excluding diaryl/α,β-unsaturated/α-hetero) is 1. The van der Waals surface area contributed by atoms with Gasteiger partial charge < -0.3 is 34.7 Å². The fraction of sp³-hybridized carbons (Fsp3) is 0.737. The first-order valence-corrected chi connectivity index (χ1v) is 12.3. The molecule has 0 aromatic rings.